The quantitative estimate of drug-likeness (QED) is 0.394. The first kappa shape index (κ1) is 21.0. The van der Waals surface area contributed by atoms with Crippen molar-refractivity contribution in [3.05, 3.63) is 113 Å². The van der Waals surface area contributed by atoms with Crippen molar-refractivity contribution in [1.82, 2.24) is 20.4 Å². The number of aromatic nitrogens is 2. The number of hydrogen-bond donors (Lipinski definition) is 1. The first-order valence-corrected chi connectivity index (χ1v) is 11.0. The van der Waals surface area contributed by atoms with Crippen LogP contribution in [0.25, 0.3) is 17.0 Å². The van der Waals surface area contributed by atoms with E-state index in [1.54, 1.807) is 17.0 Å². The smallest absolute Gasteiger partial charge is 0.322 e. The molecule has 0 saturated heterocycles. The maximum atomic E-state index is 13.1. The van der Waals surface area contributed by atoms with Gasteiger partial charge in [0.25, 0.3) is 5.89 Å². The number of allylic oxidation sites excluding steroid dienone is 1. The fraction of sp³-hybridized carbons (Fsp3) is 0.115. The number of benzene rings is 3. The molecule has 0 aliphatic carbocycles. The summed E-state index contributed by atoms with van der Waals surface area (Å²) >= 11 is 6.01. The van der Waals surface area contributed by atoms with Crippen LogP contribution < -0.4 is 5.32 Å². The first-order chi connectivity index (χ1) is 16.1. The van der Waals surface area contributed by atoms with E-state index in [-0.39, 0.29) is 6.03 Å². The highest BCUT2D eigenvalue weighted by molar-refractivity contribution is 6.30. The minimum absolute atomic E-state index is 0.175. The van der Waals surface area contributed by atoms with E-state index in [4.69, 9.17) is 16.1 Å². The molecule has 0 bridgehead atoms. The van der Waals surface area contributed by atoms with E-state index in [9.17, 15) is 4.79 Å². The minimum Gasteiger partial charge on any atom is -0.334 e. The van der Waals surface area contributed by atoms with Crippen LogP contribution >= 0.6 is 11.6 Å². The van der Waals surface area contributed by atoms with Crippen LogP contribution in [0.3, 0.4) is 0 Å². The van der Waals surface area contributed by atoms with Gasteiger partial charge in [-0.15, -0.1) is 0 Å². The fourth-order valence-electron chi connectivity index (χ4n) is 3.96. The van der Waals surface area contributed by atoms with Crippen LogP contribution in [0.5, 0.6) is 0 Å². The molecule has 2 heterocycles. The molecule has 1 aliphatic heterocycles. The standard InChI is InChI=1S/C26H21ClN4O2/c1-17-22(25-29-24(30-33-25)20-12-14-21(27)15-13-20)23(19-10-6-3-7-11-19)28-26(32)31(17)16-18-8-4-2-5-9-18/h2-15,23H,16H2,1H3,(H,28,32). The average Bonchev–Trinajstić information content (AvgIpc) is 3.33. The van der Waals surface area contributed by atoms with Gasteiger partial charge in [-0.3, -0.25) is 4.90 Å². The number of amides is 2. The van der Waals surface area contributed by atoms with Crippen LogP contribution in [0.2, 0.25) is 5.02 Å². The van der Waals surface area contributed by atoms with Gasteiger partial charge in [0.1, 0.15) is 0 Å². The van der Waals surface area contributed by atoms with Crippen molar-refractivity contribution in [3.8, 4) is 11.4 Å². The van der Waals surface area contributed by atoms with Crippen molar-refractivity contribution in [1.29, 1.82) is 0 Å². The molecule has 0 fully saturated rings. The molecule has 1 aromatic heterocycles. The Morgan fingerprint density at radius 3 is 2.33 bits per heavy atom. The zero-order chi connectivity index (χ0) is 22.8. The molecule has 4 aromatic rings. The van der Waals surface area contributed by atoms with E-state index in [1.165, 1.54) is 0 Å². The van der Waals surface area contributed by atoms with Gasteiger partial charge in [0.05, 0.1) is 18.2 Å². The molecule has 0 spiro atoms. The molecule has 1 aliphatic rings. The summed E-state index contributed by atoms with van der Waals surface area (Å²) in [7, 11) is 0. The largest absolute Gasteiger partial charge is 0.334 e. The number of halogens is 1. The molecular weight excluding hydrogens is 436 g/mol. The highest BCUT2D eigenvalue weighted by atomic mass is 35.5. The molecule has 0 saturated carbocycles. The molecule has 7 heteroatoms. The topological polar surface area (TPSA) is 71.3 Å². The molecule has 1 unspecified atom stereocenters. The Balaban J connectivity index is 1.59. The number of carbonyl (C=O) groups is 1. The Morgan fingerprint density at radius 2 is 1.64 bits per heavy atom. The number of carbonyl (C=O) groups excluding carboxylic acids is 1. The predicted molar refractivity (Wildman–Crippen MR) is 127 cm³/mol. The van der Waals surface area contributed by atoms with Crippen molar-refractivity contribution in [2.24, 2.45) is 0 Å². The van der Waals surface area contributed by atoms with E-state index in [1.807, 2.05) is 79.7 Å². The molecule has 33 heavy (non-hydrogen) atoms. The van der Waals surface area contributed by atoms with E-state index in [0.717, 1.165) is 28.0 Å². The van der Waals surface area contributed by atoms with E-state index < -0.39 is 6.04 Å². The predicted octanol–water partition coefficient (Wildman–Crippen LogP) is 6.09. The number of nitrogens with one attached hydrogen (secondary N) is 1. The maximum absolute atomic E-state index is 13.1. The monoisotopic (exact) mass is 456 g/mol. The van der Waals surface area contributed by atoms with Crippen LogP contribution in [-0.2, 0) is 6.54 Å². The van der Waals surface area contributed by atoms with Gasteiger partial charge in [0.15, 0.2) is 0 Å². The highest BCUT2D eigenvalue weighted by Crippen LogP contribution is 2.37. The Bertz CT molecular complexity index is 1300. The summed E-state index contributed by atoms with van der Waals surface area (Å²) in [5.74, 6) is 0.824. The lowest BCUT2D eigenvalue weighted by molar-refractivity contribution is 0.203. The molecule has 6 nitrogen and oxygen atoms in total. The van der Waals surface area contributed by atoms with Crippen LogP contribution in [0.4, 0.5) is 4.79 Å². The molecular formula is C26H21ClN4O2. The zero-order valence-corrected chi connectivity index (χ0v) is 18.7. The second-order valence-electron chi connectivity index (χ2n) is 7.79. The lowest BCUT2D eigenvalue weighted by Gasteiger charge is -2.35. The minimum atomic E-state index is -0.413. The Kier molecular flexibility index (Phi) is 5.67. The van der Waals surface area contributed by atoms with Gasteiger partial charge in [-0.25, -0.2) is 4.79 Å². The Labute approximate surface area is 196 Å². The SMILES string of the molecule is CC1=C(c2nc(-c3ccc(Cl)cc3)no2)C(c2ccccc2)NC(=O)N1Cc1ccccc1. The number of nitrogens with zero attached hydrogens (tertiary/aromatic N) is 3. The van der Waals surface area contributed by atoms with Gasteiger partial charge in [0.2, 0.25) is 5.82 Å². The van der Waals surface area contributed by atoms with Gasteiger partial charge < -0.3 is 9.84 Å². The van der Waals surface area contributed by atoms with Gasteiger partial charge in [-0.1, -0.05) is 77.4 Å². The van der Waals surface area contributed by atoms with E-state index in [2.05, 4.69) is 15.5 Å². The second-order valence-corrected chi connectivity index (χ2v) is 8.23. The number of hydrogen-bond acceptors (Lipinski definition) is 4. The average molecular weight is 457 g/mol. The molecule has 164 valence electrons. The summed E-state index contributed by atoms with van der Waals surface area (Å²) in [5, 5.41) is 7.95. The Hall–Kier alpha value is -3.90. The lowest BCUT2D eigenvalue weighted by Crippen LogP contribution is -2.45. The van der Waals surface area contributed by atoms with E-state index in [0.29, 0.717) is 23.3 Å². The van der Waals surface area contributed by atoms with Crippen LogP contribution in [0, 0.1) is 0 Å². The molecule has 0 radical (unpaired) electrons. The van der Waals surface area contributed by atoms with Crippen molar-refractivity contribution in [3.63, 3.8) is 0 Å². The third kappa shape index (κ3) is 4.25. The maximum Gasteiger partial charge on any atom is 0.322 e. The highest BCUT2D eigenvalue weighted by Gasteiger charge is 2.35. The number of rotatable bonds is 5. The molecule has 3 aromatic carbocycles. The summed E-state index contributed by atoms with van der Waals surface area (Å²) in [6, 6.07) is 26.3. The van der Waals surface area contributed by atoms with Crippen LogP contribution in [-0.4, -0.2) is 21.1 Å². The van der Waals surface area contributed by atoms with E-state index >= 15 is 0 Å². The van der Waals surface area contributed by atoms with Crippen molar-refractivity contribution < 1.29 is 9.32 Å². The third-order valence-electron chi connectivity index (χ3n) is 5.67. The summed E-state index contributed by atoms with van der Waals surface area (Å²) < 4.78 is 5.71. The summed E-state index contributed by atoms with van der Waals surface area (Å²) in [5.41, 5.74) is 4.29. The molecule has 1 atom stereocenters. The van der Waals surface area contributed by atoms with Crippen LogP contribution in [0.1, 0.15) is 30.0 Å². The summed E-state index contributed by atoms with van der Waals surface area (Å²) in [4.78, 5) is 19.5. The normalized spacial score (nSPS) is 16.1. The first-order valence-electron chi connectivity index (χ1n) is 10.6. The van der Waals surface area contributed by atoms with Gasteiger partial charge >= 0.3 is 6.03 Å². The second kappa shape index (κ2) is 8.92. The lowest BCUT2D eigenvalue weighted by atomic mass is 9.94. The van der Waals surface area contributed by atoms with Gasteiger partial charge in [-0.05, 0) is 42.3 Å². The summed E-state index contributed by atoms with van der Waals surface area (Å²) in [6.45, 7) is 2.35. The van der Waals surface area contributed by atoms with Gasteiger partial charge in [-0.2, -0.15) is 4.98 Å². The van der Waals surface area contributed by atoms with Crippen molar-refractivity contribution in [2.75, 3.05) is 0 Å². The molecule has 1 N–H and O–H groups in total. The van der Waals surface area contributed by atoms with Crippen molar-refractivity contribution >= 4 is 23.2 Å². The summed E-state index contributed by atoms with van der Waals surface area (Å²) in [6.07, 6.45) is 0. The zero-order valence-electron chi connectivity index (χ0n) is 17.9. The van der Waals surface area contributed by atoms with Crippen molar-refractivity contribution in [2.45, 2.75) is 19.5 Å². The molecule has 2 amide bonds. The van der Waals surface area contributed by atoms with Gasteiger partial charge in [0, 0.05) is 16.3 Å². The van der Waals surface area contributed by atoms with Crippen LogP contribution in [0.15, 0.2) is 95.1 Å². The third-order valence-corrected chi connectivity index (χ3v) is 5.92. The Morgan fingerprint density at radius 1 is 0.970 bits per heavy atom. The molecule has 5 rings (SSSR count). The number of urea groups is 1. The fourth-order valence-corrected chi connectivity index (χ4v) is 4.09.